The normalized spacial score (nSPS) is 14.4. The van der Waals surface area contributed by atoms with Gasteiger partial charge in [-0.05, 0) is 83.5 Å². The Hall–Kier alpha value is -2.81. The number of esters is 1. The van der Waals surface area contributed by atoms with Crippen molar-refractivity contribution in [2.45, 2.75) is 136 Å². The van der Waals surface area contributed by atoms with Crippen LogP contribution in [-0.4, -0.2) is 54.3 Å². The van der Waals surface area contributed by atoms with E-state index in [1.165, 1.54) is 0 Å². The number of carbonyl (C=O) groups excluding carboxylic acids is 2. The standard InChI is InChI=1S/C41H68NO8P/c1-3-5-7-9-11-13-15-17-19-21-23-25-27-29-31-33-40(44)42-35-36-49-51(46,47)50-38-39(43)37-48-41(45)34-32-30-28-26-24-22-20-18-16-14-12-10-8-6-4-2/h5-8,11-14,17-20,24,26,39,43H,3-4,9-10,15-16,21-23,25,27-38H2,1-2H3,(H,42,44)(H,46,47)/b7-5-,8-6-,13-11-,14-12-,19-17-,20-18-,26-24-. The minimum absolute atomic E-state index is 0.0617. The highest BCUT2D eigenvalue weighted by Gasteiger charge is 2.23. The molecule has 0 aromatic rings. The largest absolute Gasteiger partial charge is 0.472 e. The van der Waals surface area contributed by atoms with Gasteiger partial charge in [-0.15, -0.1) is 0 Å². The molecule has 2 unspecified atom stereocenters. The number of nitrogens with one attached hydrogen (secondary N) is 1. The summed E-state index contributed by atoms with van der Waals surface area (Å²) in [5.74, 6) is -0.586. The Balaban J connectivity index is 3.73. The summed E-state index contributed by atoms with van der Waals surface area (Å²) in [5, 5.41) is 12.6. The molecule has 2 atom stereocenters. The molecule has 9 nitrogen and oxygen atoms in total. The third-order valence-corrected chi connectivity index (χ3v) is 8.30. The Bertz CT molecular complexity index is 1110. The van der Waals surface area contributed by atoms with E-state index in [4.69, 9.17) is 13.8 Å². The molecular formula is C41H68NO8P. The summed E-state index contributed by atoms with van der Waals surface area (Å²) >= 11 is 0. The van der Waals surface area contributed by atoms with Crippen LogP contribution >= 0.6 is 7.82 Å². The number of unbranched alkanes of at least 4 members (excludes halogenated alkanes) is 7. The summed E-state index contributed by atoms with van der Waals surface area (Å²) in [7, 11) is -4.43. The van der Waals surface area contributed by atoms with Crippen molar-refractivity contribution in [3.63, 3.8) is 0 Å². The second kappa shape index (κ2) is 37.0. The van der Waals surface area contributed by atoms with Gasteiger partial charge in [-0.3, -0.25) is 18.6 Å². The molecule has 0 saturated carbocycles. The highest BCUT2D eigenvalue weighted by molar-refractivity contribution is 7.47. The quantitative estimate of drug-likeness (QED) is 0.0258. The molecule has 1 amide bonds. The maximum absolute atomic E-state index is 12.1. The minimum atomic E-state index is -4.43. The van der Waals surface area contributed by atoms with Crippen molar-refractivity contribution in [1.82, 2.24) is 5.32 Å². The summed E-state index contributed by atoms with van der Waals surface area (Å²) in [6.07, 6.45) is 45.1. The zero-order valence-electron chi connectivity index (χ0n) is 31.5. The molecule has 0 heterocycles. The molecule has 0 radical (unpaired) electrons. The van der Waals surface area contributed by atoms with Gasteiger partial charge in [0.25, 0.3) is 0 Å². The topological polar surface area (TPSA) is 131 Å². The van der Waals surface area contributed by atoms with Crippen LogP contribution in [0.25, 0.3) is 0 Å². The molecule has 0 saturated heterocycles. The van der Waals surface area contributed by atoms with Gasteiger partial charge in [0.2, 0.25) is 5.91 Å². The Kier molecular flexibility index (Phi) is 34.9. The molecule has 0 aliphatic heterocycles. The van der Waals surface area contributed by atoms with Gasteiger partial charge in [0.05, 0.1) is 13.2 Å². The fraction of sp³-hybridized carbons (Fsp3) is 0.610. The number of aliphatic hydroxyl groups is 1. The average Bonchev–Trinajstić information content (AvgIpc) is 3.11. The number of phosphoric acid groups is 1. The van der Waals surface area contributed by atoms with Gasteiger partial charge in [-0.2, -0.15) is 0 Å². The lowest BCUT2D eigenvalue weighted by molar-refractivity contribution is -0.147. The molecule has 3 N–H and O–H groups in total. The van der Waals surface area contributed by atoms with Crippen molar-refractivity contribution < 1.29 is 37.9 Å². The van der Waals surface area contributed by atoms with Gasteiger partial charge < -0.3 is 20.1 Å². The van der Waals surface area contributed by atoms with Crippen molar-refractivity contribution >= 4 is 19.7 Å². The zero-order valence-corrected chi connectivity index (χ0v) is 32.4. The van der Waals surface area contributed by atoms with Crippen molar-refractivity contribution in [1.29, 1.82) is 0 Å². The lowest BCUT2D eigenvalue weighted by atomic mass is 10.1. The first-order chi connectivity index (χ1) is 24.8. The number of phosphoric ester groups is 1. The van der Waals surface area contributed by atoms with Gasteiger partial charge >= 0.3 is 13.8 Å². The van der Waals surface area contributed by atoms with E-state index in [1.54, 1.807) is 0 Å². The molecule has 0 bridgehead atoms. The van der Waals surface area contributed by atoms with E-state index in [0.29, 0.717) is 12.8 Å². The third kappa shape index (κ3) is 38.3. The van der Waals surface area contributed by atoms with E-state index in [9.17, 15) is 24.2 Å². The van der Waals surface area contributed by atoms with Gasteiger partial charge in [0.15, 0.2) is 0 Å². The predicted molar refractivity (Wildman–Crippen MR) is 210 cm³/mol. The van der Waals surface area contributed by atoms with Gasteiger partial charge in [-0.1, -0.05) is 118 Å². The Labute approximate surface area is 309 Å². The van der Waals surface area contributed by atoms with Crippen LogP contribution in [0.2, 0.25) is 0 Å². The first-order valence-electron chi connectivity index (χ1n) is 19.1. The molecule has 0 rings (SSSR count). The van der Waals surface area contributed by atoms with E-state index in [-0.39, 0.29) is 32.1 Å². The lowest BCUT2D eigenvalue weighted by Crippen LogP contribution is -2.27. The number of rotatable bonds is 34. The Morgan fingerprint density at radius 2 is 1.06 bits per heavy atom. The van der Waals surface area contributed by atoms with Gasteiger partial charge in [-0.25, -0.2) is 4.57 Å². The van der Waals surface area contributed by atoms with Crippen molar-refractivity contribution in [3.05, 3.63) is 85.1 Å². The van der Waals surface area contributed by atoms with E-state index >= 15 is 0 Å². The van der Waals surface area contributed by atoms with Crippen molar-refractivity contribution in [3.8, 4) is 0 Å². The van der Waals surface area contributed by atoms with Crippen LogP contribution in [0.3, 0.4) is 0 Å². The summed E-state index contributed by atoms with van der Waals surface area (Å²) in [4.78, 5) is 33.8. The molecule has 0 aliphatic rings. The molecule has 0 aliphatic carbocycles. The number of carbonyl (C=O) groups is 2. The van der Waals surface area contributed by atoms with Crippen molar-refractivity contribution in [2.24, 2.45) is 0 Å². The molecule has 0 aromatic carbocycles. The highest BCUT2D eigenvalue weighted by Crippen LogP contribution is 2.42. The monoisotopic (exact) mass is 733 g/mol. The molecule has 290 valence electrons. The predicted octanol–water partition coefficient (Wildman–Crippen LogP) is 10.1. The smallest absolute Gasteiger partial charge is 0.463 e. The Morgan fingerprint density at radius 1 is 0.608 bits per heavy atom. The van der Waals surface area contributed by atoms with Crippen LogP contribution in [0.1, 0.15) is 129 Å². The number of amides is 1. The Morgan fingerprint density at radius 3 is 1.61 bits per heavy atom. The van der Waals surface area contributed by atoms with Crippen LogP contribution in [0.4, 0.5) is 0 Å². The summed E-state index contributed by atoms with van der Waals surface area (Å²) in [5.41, 5.74) is 0. The second-order valence-corrected chi connectivity index (χ2v) is 13.6. The van der Waals surface area contributed by atoms with E-state index < -0.39 is 26.5 Å². The maximum Gasteiger partial charge on any atom is 0.472 e. The first kappa shape index (κ1) is 48.2. The summed E-state index contributed by atoms with van der Waals surface area (Å²) in [6.45, 7) is 3.22. The molecule has 0 fully saturated rings. The molecule has 51 heavy (non-hydrogen) atoms. The van der Waals surface area contributed by atoms with Gasteiger partial charge in [0.1, 0.15) is 12.7 Å². The van der Waals surface area contributed by atoms with Crippen LogP contribution in [0.5, 0.6) is 0 Å². The number of allylic oxidation sites excluding steroid dienone is 14. The first-order valence-corrected chi connectivity index (χ1v) is 20.6. The molecule has 0 spiro atoms. The fourth-order valence-corrected chi connectivity index (χ4v) is 5.26. The number of aliphatic hydroxyl groups excluding tert-OH is 1. The van der Waals surface area contributed by atoms with Crippen LogP contribution in [0, 0.1) is 0 Å². The van der Waals surface area contributed by atoms with Crippen LogP contribution in [0.15, 0.2) is 85.1 Å². The summed E-state index contributed by atoms with van der Waals surface area (Å²) < 4.78 is 26.7. The molecule has 0 aromatic heterocycles. The summed E-state index contributed by atoms with van der Waals surface area (Å²) in [6, 6.07) is 0. The molecule has 10 heteroatoms. The second-order valence-electron chi connectivity index (χ2n) is 12.1. The van der Waals surface area contributed by atoms with E-state index in [1.807, 2.05) is 0 Å². The maximum atomic E-state index is 12.1. The van der Waals surface area contributed by atoms with Crippen LogP contribution in [-0.2, 0) is 27.9 Å². The molecular weight excluding hydrogens is 665 g/mol. The highest BCUT2D eigenvalue weighted by atomic mass is 31.2. The van der Waals surface area contributed by atoms with Crippen LogP contribution < -0.4 is 5.32 Å². The SMILES string of the molecule is CC/C=C\C/C=C\C/C=C\C/C=C\CCCCC(=O)OCC(O)COP(=O)(O)OCCNC(=O)CCCCCCC/C=C\C/C=C\C/C=C\CC. The fourth-order valence-electron chi connectivity index (χ4n) is 4.50. The zero-order chi connectivity index (χ0) is 37.5. The minimum Gasteiger partial charge on any atom is -0.463 e. The van der Waals surface area contributed by atoms with E-state index in [2.05, 4.69) is 104 Å². The third-order valence-electron chi connectivity index (χ3n) is 7.32. The number of hydrogen-bond donors (Lipinski definition) is 3. The van der Waals surface area contributed by atoms with E-state index in [0.717, 1.165) is 96.3 Å². The average molecular weight is 734 g/mol. The number of hydrogen-bond acceptors (Lipinski definition) is 7. The number of ether oxygens (including phenoxy) is 1. The van der Waals surface area contributed by atoms with Gasteiger partial charge in [0, 0.05) is 19.4 Å². The lowest BCUT2D eigenvalue weighted by Gasteiger charge is -2.15. The van der Waals surface area contributed by atoms with Crippen molar-refractivity contribution in [2.75, 3.05) is 26.4 Å².